The van der Waals surface area contributed by atoms with E-state index in [4.69, 9.17) is 0 Å². The quantitative estimate of drug-likeness (QED) is 0.492. The van der Waals surface area contributed by atoms with Gasteiger partial charge in [-0.05, 0) is 84.1 Å². The Morgan fingerprint density at radius 3 is 2.76 bits per heavy atom. The summed E-state index contributed by atoms with van der Waals surface area (Å²) in [7, 11) is 0. The molecule has 0 heterocycles. The van der Waals surface area contributed by atoms with Crippen LogP contribution in [0.5, 0.6) is 0 Å². The number of benzene rings is 2. The molecular formula is C34H35N2O. The number of nitrogens with one attached hydrogen (secondary N) is 1. The van der Waals surface area contributed by atoms with E-state index in [2.05, 4.69) is 80.2 Å². The molecule has 0 fully saturated rings. The number of hydrogen-bond donors (Lipinski definition) is 1. The fourth-order valence-corrected chi connectivity index (χ4v) is 6.26. The van der Waals surface area contributed by atoms with Crippen molar-refractivity contribution in [3.8, 4) is 6.07 Å². The maximum Gasteiger partial charge on any atom is 0.251 e. The summed E-state index contributed by atoms with van der Waals surface area (Å²) in [5, 5.41) is 13.2. The third-order valence-corrected chi connectivity index (χ3v) is 8.63. The zero-order valence-electron chi connectivity index (χ0n) is 21.9. The molecule has 0 spiro atoms. The molecule has 0 bridgehead atoms. The molecule has 4 aliphatic rings. The van der Waals surface area contributed by atoms with Gasteiger partial charge in [-0.3, -0.25) is 4.79 Å². The molecule has 37 heavy (non-hydrogen) atoms. The second-order valence-electron chi connectivity index (χ2n) is 11.8. The molecule has 2 aromatic carbocycles. The molecule has 1 radical (unpaired) electrons. The number of allylic oxidation sites excluding steroid dienone is 7. The molecule has 0 aromatic heterocycles. The first-order valence-electron chi connectivity index (χ1n) is 13.4. The standard InChI is InChI=1S/C34H33N2O.H2/c1-22-13-24-11-12-33(2,18-29(24)16-30(22)23-7-5-4-6-8-23)21-36-32(37)26-10-9-25-14-27-15-28(27)19-34(3,20-35)31(25)17-26;/h4-11,15-18,22H,12-14,19,21H2,1-3H3,(H,36,37);1H/t22?,33?,34-;/m0./s1. The van der Waals surface area contributed by atoms with Crippen molar-refractivity contribution in [3.05, 3.63) is 118 Å². The van der Waals surface area contributed by atoms with Crippen LogP contribution in [-0.4, -0.2) is 12.5 Å². The second-order valence-corrected chi connectivity index (χ2v) is 11.8. The molecule has 0 saturated heterocycles. The number of carbonyl (C=O) groups is 1. The summed E-state index contributed by atoms with van der Waals surface area (Å²) in [6.07, 6.45) is 12.8. The smallest absolute Gasteiger partial charge is 0.251 e. The van der Waals surface area contributed by atoms with Crippen molar-refractivity contribution in [1.29, 1.82) is 5.26 Å². The highest BCUT2D eigenvalue weighted by atomic mass is 16.1. The lowest BCUT2D eigenvalue weighted by Gasteiger charge is -2.34. The summed E-state index contributed by atoms with van der Waals surface area (Å²) in [6, 6.07) is 19.1. The van der Waals surface area contributed by atoms with E-state index in [-0.39, 0.29) is 12.7 Å². The van der Waals surface area contributed by atoms with Gasteiger partial charge in [-0.2, -0.15) is 5.26 Å². The first kappa shape index (κ1) is 23.7. The normalized spacial score (nSPS) is 27.8. The summed E-state index contributed by atoms with van der Waals surface area (Å²) in [6.45, 7) is 7.10. The van der Waals surface area contributed by atoms with Crippen LogP contribution in [0.15, 0.2) is 89.1 Å². The van der Waals surface area contributed by atoms with Gasteiger partial charge in [0.1, 0.15) is 0 Å². The van der Waals surface area contributed by atoms with Crippen LogP contribution in [0.3, 0.4) is 0 Å². The van der Waals surface area contributed by atoms with E-state index in [0.29, 0.717) is 18.0 Å². The van der Waals surface area contributed by atoms with Gasteiger partial charge in [0, 0.05) is 25.4 Å². The Morgan fingerprint density at radius 2 is 1.97 bits per heavy atom. The lowest BCUT2D eigenvalue weighted by Crippen LogP contribution is -2.36. The van der Waals surface area contributed by atoms with Gasteiger partial charge in [-0.25, -0.2) is 0 Å². The van der Waals surface area contributed by atoms with Crippen molar-refractivity contribution < 1.29 is 6.22 Å². The molecule has 187 valence electrons. The first-order chi connectivity index (χ1) is 17.8. The predicted octanol–water partition coefficient (Wildman–Crippen LogP) is 7.29. The Kier molecular flexibility index (Phi) is 5.60. The topological polar surface area (TPSA) is 52.9 Å². The van der Waals surface area contributed by atoms with E-state index < -0.39 is 5.41 Å². The SMILES string of the molecule is CC1CC2=CCC(C)(CNC(=O)c3ccc4c(c3)[C@](C)(C#N)CC3=C([CH]3)C4)C=C2C=C1c1ccccc1.[HH]. The zero-order chi connectivity index (χ0) is 25.8. The Hall–Kier alpha value is -3.64. The van der Waals surface area contributed by atoms with Gasteiger partial charge in [0.05, 0.1) is 11.5 Å². The fraction of sp³-hybridized carbons (Fsp3) is 0.324. The van der Waals surface area contributed by atoms with Crippen LogP contribution in [0.1, 0.15) is 68.5 Å². The van der Waals surface area contributed by atoms with Gasteiger partial charge in [0.2, 0.25) is 0 Å². The first-order valence-corrected chi connectivity index (χ1v) is 13.4. The van der Waals surface area contributed by atoms with Crippen LogP contribution >= 0.6 is 0 Å². The van der Waals surface area contributed by atoms with Gasteiger partial charge < -0.3 is 5.32 Å². The van der Waals surface area contributed by atoms with Crippen LogP contribution < -0.4 is 5.32 Å². The summed E-state index contributed by atoms with van der Waals surface area (Å²) < 4.78 is 0. The summed E-state index contributed by atoms with van der Waals surface area (Å²) >= 11 is 0. The van der Waals surface area contributed by atoms with Gasteiger partial charge in [0.25, 0.3) is 5.91 Å². The average Bonchev–Trinajstić information content (AvgIpc) is 3.65. The lowest BCUT2D eigenvalue weighted by molar-refractivity contribution is 0.0940. The zero-order valence-corrected chi connectivity index (χ0v) is 21.9. The average molecular weight is 488 g/mol. The molecule has 0 aliphatic heterocycles. The molecule has 6 rings (SSSR count). The molecule has 3 atom stereocenters. The number of amides is 1. The summed E-state index contributed by atoms with van der Waals surface area (Å²) in [5.74, 6) is 0.416. The minimum absolute atomic E-state index is 0. The highest BCUT2D eigenvalue weighted by molar-refractivity contribution is 5.94. The highest BCUT2D eigenvalue weighted by Gasteiger charge is 2.39. The Balaban J connectivity index is 0.00000294. The van der Waals surface area contributed by atoms with Crippen molar-refractivity contribution in [1.82, 2.24) is 5.32 Å². The van der Waals surface area contributed by atoms with Crippen molar-refractivity contribution in [2.45, 2.75) is 51.9 Å². The van der Waals surface area contributed by atoms with Crippen LogP contribution in [0.25, 0.3) is 5.57 Å². The number of carbonyl (C=O) groups excluding carboxylic acids is 1. The molecule has 0 saturated carbocycles. The second kappa shape index (κ2) is 8.73. The Bertz CT molecular complexity index is 1470. The van der Waals surface area contributed by atoms with Crippen LogP contribution in [0.4, 0.5) is 0 Å². The van der Waals surface area contributed by atoms with E-state index in [0.717, 1.165) is 36.8 Å². The minimum Gasteiger partial charge on any atom is -0.351 e. The van der Waals surface area contributed by atoms with E-state index in [1.54, 1.807) is 0 Å². The van der Waals surface area contributed by atoms with Crippen molar-refractivity contribution in [3.63, 3.8) is 0 Å². The maximum atomic E-state index is 13.3. The molecular weight excluding hydrogens is 452 g/mol. The van der Waals surface area contributed by atoms with Crippen LogP contribution in [0, 0.1) is 29.1 Å². The predicted molar refractivity (Wildman–Crippen MR) is 151 cm³/mol. The molecule has 3 heteroatoms. The van der Waals surface area contributed by atoms with Gasteiger partial charge >= 0.3 is 0 Å². The van der Waals surface area contributed by atoms with E-state index in [1.807, 2.05) is 25.1 Å². The van der Waals surface area contributed by atoms with Gasteiger partial charge in [-0.15, -0.1) is 0 Å². The number of hydrogen-bond acceptors (Lipinski definition) is 2. The molecule has 2 aromatic rings. The van der Waals surface area contributed by atoms with Crippen molar-refractivity contribution in [2.75, 3.05) is 6.54 Å². The number of fused-ring (bicyclic) bond motifs is 2. The third kappa shape index (κ3) is 4.40. The Morgan fingerprint density at radius 1 is 1.16 bits per heavy atom. The van der Waals surface area contributed by atoms with E-state index >= 15 is 0 Å². The molecule has 1 amide bonds. The molecule has 1 N–H and O–H groups in total. The fourth-order valence-electron chi connectivity index (χ4n) is 6.26. The largest absolute Gasteiger partial charge is 0.351 e. The summed E-state index contributed by atoms with van der Waals surface area (Å²) in [4.78, 5) is 13.3. The maximum absolute atomic E-state index is 13.3. The number of rotatable bonds is 4. The van der Waals surface area contributed by atoms with E-state index in [9.17, 15) is 10.1 Å². The molecule has 4 aliphatic carbocycles. The monoisotopic (exact) mass is 487 g/mol. The summed E-state index contributed by atoms with van der Waals surface area (Å²) in [5.41, 5.74) is 10.1. The third-order valence-electron chi connectivity index (χ3n) is 8.63. The van der Waals surface area contributed by atoms with Crippen LogP contribution in [0.2, 0.25) is 0 Å². The molecule has 2 unspecified atom stereocenters. The van der Waals surface area contributed by atoms with E-state index in [1.165, 1.54) is 33.4 Å². The van der Waals surface area contributed by atoms with Gasteiger partial charge in [0.15, 0.2) is 0 Å². The number of nitrogens with zero attached hydrogens (tertiary/aromatic N) is 1. The van der Waals surface area contributed by atoms with Gasteiger partial charge in [-0.1, -0.05) is 79.6 Å². The molecule has 3 nitrogen and oxygen atoms in total. The highest BCUT2D eigenvalue weighted by Crippen LogP contribution is 2.47. The minimum atomic E-state index is -0.600. The van der Waals surface area contributed by atoms with Crippen molar-refractivity contribution >= 4 is 11.5 Å². The Labute approximate surface area is 221 Å². The lowest BCUT2D eigenvalue weighted by atomic mass is 9.72. The van der Waals surface area contributed by atoms with Crippen LogP contribution in [-0.2, 0) is 11.8 Å². The number of nitriles is 1. The van der Waals surface area contributed by atoms with Crippen molar-refractivity contribution in [2.24, 2.45) is 11.3 Å².